The SMILES string of the molecule is COc1cc(F)c(C(=O)NC[C@H]2[C@@H]3CNC[C@@H](C3)[C@@H]3CCCC(=O)N32)c(F)c1.Cl. The maximum Gasteiger partial charge on any atom is 0.257 e. The van der Waals surface area contributed by atoms with E-state index in [1.807, 2.05) is 4.90 Å². The quantitative estimate of drug-likeness (QED) is 0.769. The average molecular weight is 430 g/mol. The molecule has 3 heterocycles. The molecule has 0 aromatic heterocycles. The zero-order valence-corrected chi connectivity index (χ0v) is 17.1. The number of hydrogen-bond acceptors (Lipinski definition) is 4. The molecule has 2 amide bonds. The number of carbonyl (C=O) groups is 2. The summed E-state index contributed by atoms with van der Waals surface area (Å²) in [6, 6.07) is 1.99. The molecule has 160 valence electrons. The van der Waals surface area contributed by atoms with Crippen molar-refractivity contribution < 1.29 is 23.1 Å². The van der Waals surface area contributed by atoms with Gasteiger partial charge in [-0.25, -0.2) is 8.78 Å². The first-order valence-electron chi connectivity index (χ1n) is 9.82. The maximum absolute atomic E-state index is 14.2. The molecule has 9 heteroatoms. The van der Waals surface area contributed by atoms with E-state index in [2.05, 4.69) is 10.6 Å². The minimum Gasteiger partial charge on any atom is -0.497 e. The van der Waals surface area contributed by atoms with E-state index in [9.17, 15) is 18.4 Å². The van der Waals surface area contributed by atoms with Crippen LogP contribution in [0.1, 0.15) is 36.0 Å². The van der Waals surface area contributed by atoms with Crippen molar-refractivity contribution in [1.29, 1.82) is 0 Å². The largest absolute Gasteiger partial charge is 0.497 e. The Hall–Kier alpha value is -1.93. The normalized spacial score (nSPS) is 28.2. The van der Waals surface area contributed by atoms with E-state index in [1.165, 1.54) is 7.11 Å². The first kappa shape index (κ1) is 21.8. The van der Waals surface area contributed by atoms with Crippen LogP contribution in [0.5, 0.6) is 5.75 Å². The third-order valence-corrected chi connectivity index (χ3v) is 6.35. The highest BCUT2D eigenvalue weighted by Gasteiger charge is 2.47. The number of halogens is 3. The number of methoxy groups -OCH3 is 1. The lowest BCUT2D eigenvalue weighted by Crippen LogP contribution is -2.66. The Balaban J connectivity index is 0.00000240. The summed E-state index contributed by atoms with van der Waals surface area (Å²) in [6.45, 7) is 1.87. The summed E-state index contributed by atoms with van der Waals surface area (Å²) in [7, 11) is 1.30. The second-order valence-corrected chi connectivity index (χ2v) is 7.92. The zero-order valence-electron chi connectivity index (χ0n) is 16.2. The smallest absolute Gasteiger partial charge is 0.257 e. The maximum atomic E-state index is 14.2. The molecule has 6 nitrogen and oxygen atoms in total. The number of nitrogens with zero attached hydrogens (tertiary/aromatic N) is 1. The van der Waals surface area contributed by atoms with Gasteiger partial charge in [0, 0.05) is 37.7 Å². The minimum atomic E-state index is -0.968. The van der Waals surface area contributed by atoms with Gasteiger partial charge < -0.3 is 20.3 Å². The molecule has 0 unspecified atom stereocenters. The Kier molecular flexibility index (Phi) is 6.63. The molecule has 4 atom stereocenters. The van der Waals surface area contributed by atoms with Crippen LogP contribution in [0.2, 0.25) is 0 Å². The van der Waals surface area contributed by atoms with Gasteiger partial charge in [-0.3, -0.25) is 9.59 Å². The fourth-order valence-corrected chi connectivity index (χ4v) is 5.07. The molecule has 3 fully saturated rings. The van der Waals surface area contributed by atoms with Crippen LogP contribution in [-0.2, 0) is 4.79 Å². The van der Waals surface area contributed by atoms with Crippen molar-refractivity contribution in [3.63, 3.8) is 0 Å². The molecular formula is C20H26ClF2N3O3. The zero-order chi connectivity index (χ0) is 19.8. The van der Waals surface area contributed by atoms with Gasteiger partial charge >= 0.3 is 0 Å². The third-order valence-electron chi connectivity index (χ3n) is 6.35. The van der Waals surface area contributed by atoms with Gasteiger partial charge in [0.05, 0.1) is 13.2 Å². The number of piperidine rings is 3. The number of ether oxygens (including phenoxy) is 1. The number of benzene rings is 1. The summed E-state index contributed by atoms with van der Waals surface area (Å²) < 4.78 is 33.2. The van der Waals surface area contributed by atoms with E-state index in [0.717, 1.165) is 44.5 Å². The van der Waals surface area contributed by atoms with Gasteiger partial charge in [-0.1, -0.05) is 0 Å². The number of nitrogens with one attached hydrogen (secondary N) is 2. The van der Waals surface area contributed by atoms with Gasteiger partial charge in [0.25, 0.3) is 5.91 Å². The first-order valence-corrected chi connectivity index (χ1v) is 9.82. The number of fused-ring (bicyclic) bond motifs is 4. The van der Waals surface area contributed by atoms with Crippen molar-refractivity contribution in [2.24, 2.45) is 11.8 Å². The van der Waals surface area contributed by atoms with Crippen LogP contribution < -0.4 is 15.4 Å². The van der Waals surface area contributed by atoms with Crippen LogP contribution >= 0.6 is 12.4 Å². The lowest BCUT2D eigenvalue weighted by molar-refractivity contribution is -0.148. The summed E-state index contributed by atoms with van der Waals surface area (Å²) in [6.07, 6.45) is 3.39. The Morgan fingerprint density at radius 2 is 1.97 bits per heavy atom. The van der Waals surface area contributed by atoms with Crippen molar-refractivity contribution >= 4 is 24.2 Å². The summed E-state index contributed by atoms with van der Waals surface area (Å²) >= 11 is 0. The topological polar surface area (TPSA) is 70.7 Å². The summed E-state index contributed by atoms with van der Waals surface area (Å²) in [5.41, 5.74) is -0.627. The standard InChI is InChI=1S/C20H25F2N3O3.ClH/c1-28-13-6-14(21)19(15(22)7-13)20(27)24-10-17-12-5-11(8-23-9-12)16-3-2-4-18(26)25(16)17;/h6-7,11-12,16-17,23H,2-5,8-10H2,1H3,(H,24,27);1H/t11-,12+,16+,17+;/m1./s1. The molecule has 0 spiro atoms. The fraction of sp³-hybridized carbons (Fsp3) is 0.600. The Bertz CT molecular complexity index is 771. The van der Waals surface area contributed by atoms with Crippen LogP contribution in [0.3, 0.4) is 0 Å². The van der Waals surface area contributed by atoms with E-state index in [0.29, 0.717) is 12.3 Å². The van der Waals surface area contributed by atoms with Crippen molar-refractivity contribution in [2.75, 3.05) is 26.7 Å². The molecule has 0 saturated carbocycles. The van der Waals surface area contributed by atoms with Crippen molar-refractivity contribution in [2.45, 2.75) is 37.8 Å². The number of hydrogen-bond donors (Lipinski definition) is 2. The van der Waals surface area contributed by atoms with Crippen molar-refractivity contribution in [1.82, 2.24) is 15.5 Å². The Morgan fingerprint density at radius 1 is 1.28 bits per heavy atom. The average Bonchev–Trinajstić information content (AvgIpc) is 2.68. The summed E-state index contributed by atoms with van der Waals surface area (Å²) in [4.78, 5) is 27.1. The molecule has 0 radical (unpaired) electrons. The predicted octanol–water partition coefficient (Wildman–Crippen LogP) is 2.11. The van der Waals surface area contributed by atoms with E-state index in [1.54, 1.807) is 0 Å². The minimum absolute atomic E-state index is 0. The Morgan fingerprint density at radius 3 is 2.66 bits per heavy atom. The van der Waals surface area contributed by atoms with Gasteiger partial charge in [-0.2, -0.15) is 0 Å². The van der Waals surface area contributed by atoms with Crippen LogP contribution in [0.25, 0.3) is 0 Å². The highest BCUT2D eigenvalue weighted by Crippen LogP contribution is 2.39. The molecule has 3 aliphatic heterocycles. The monoisotopic (exact) mass is 429 g/mol. The summed E-state index contributed by atoms with van der Waals surface area (Å²) in [5, 5.41) is 6.09. The highest BCUT2D eigenvalue weighted by atomic mass is 35.5. The molecule has 0 aliphatic carbocycles. The molecular weight excluding hydrogens is 404 g/mol. The third kappa shape index (κ3) is 4.05. The molecule has 2 bridgehead atoms. The van der Waals surface area contributed by atoms with Crippen LogP contribution in [-0.4, -0.2) is 55.5 Å². The predicted molar refractivity (Wildman–Crippen MR) is 105 cm³/mol. The van der Waals surface area contributed by atoms with Crippen molar-refractivity contribution in [3.05, 3.63) is 29.3 Å². The van der Waals surface area contributed by atoms with E-state index in [4.69, 9.17) is 4.74 Å². The first-order chi connectivity index (χ1) is 13.5. The summed E-state index contributed by atoms with van der Waals surface area (Å²) in [5.74, 6) is -1.96. The second kappa shape index (κ2) is 8.83. The van der Waals surface area contributed by atoms with Crippen LogP contribution in [0, 0.1) is 23.5 Å². The van der Waals surface area contributed by atoms with E-state index < -0.39 is 23.1 Å². The van der Waals surface area contributed by atoms with Crippen molar-refractivity contribution in [3.8, 4) is 5.75 Å². The molecule has 29 heavy (non-hydrogen) atoms. The van der Waals surface area contributed by atoms with Gasteiger partial charge in [0.1, 0.15) is 22.9 Å². The van der Waals surface area contributed by atoms with Crippen LogP contribution in [0.4, 0.5) is 8.78 Å². The lowest BCUT2D eigenvalue weighted by atomic mass is 9.72. The Labute approximate surface area is 174 Å². The van der Waals surface area contributed by atoms with Gasteiger partial charge in [0.15, 0.2) is 0 Å². The van der Waals surface area contributed by atoms with E-state index >= 15 is 0 Å². The van der Waals surface area contributed by atoms with Crippen LogP contribution in [0.15, 0.2) is 12.1 Å². The van der Waals surface area contributed by atoms with E-state index in [-0.39, 0.29) is 48.6 Å². The molecule has 4 rings (SSSR count). The molecule has 2 N–H and O–H groups in total. The van der Waals surface area contributed by atoms with Gasteiger partial charge in [-0.05, 0) is 37.6 Å². The molecule has 1 aromatic rings. The molecule has 3 aliphatic rings. The highest BCUT2D eigenvalue weighted by molar-refractivity contribution is 5.95. The fourth-order valence-electron chi connectivity index (χ4n) is 5.07. The lowest BCUT2D eigenvalue weighted by Gasteiger charge is -2.54. The van der Waals surface area contributed by atoms with Gasteiger partial charge in [0.2, 0.25) is 5.91 Å². The number of amides is 2. The number of carbonyl (C=O) groups excluding carboxylic acids is 2. The number of rotatable bonds is 4. The molecule has 3 saturated heterocycles. The van der Waals surface area contributed by atoms with Gasteiger partial charge in [-0.15, -0.1) is 12.4 Å². The molecule has 1 aromatic carbocycles. The second-order valence-electron chi connectivity index (χ2n) is 7.92.